The monoisotopic (exact) mass is 332 g/mol. The van der Waals surface area contributed by atoms with Gasteiger partial charge in [-0.1, -0.05) is 6.08 Å². The summed E-state index contributed by atoms with van der Waals surface area (Å²) in [4.78, 5) is 33.2. The average Bonchev–Trinajstić information content (AvgIpc) is 3.02. The summed E-state index contributed by atoms with van der Waals surface area (Å²) in [5.74, 6) is -1.15. The minimum absolute atomic E-state index is 0.00829. The second kappa shape index (κ2) is 7.19. The minimum Gasteiger partial charge on any atom is -0.481 e. The van der Waals surface area contributed by atoms with E-state index in [-0.39, 0.29) is 11.9 Å². The third kappa shape index (κ3) is 3.52. The van der Waals surface area contributed by atoms with Crippen LogP contribution in [0.25, 0.3) is 0 Å². The molecule has 130 valence electrons. The Morgan fingerprint density at radius 2 is 2.12 bits per heavy atom. The highest BCUT2D eigenvalue weighted by atomic mass is 16.4. The first kappa shape index (κ1) is 16.7. The van der Waals surface area contributed by atoms with E-state index in [0.717, 1.165) is 6.54 Å². The molecule has 2 atom stereocenters. The average molecular weight is 332 g/mol. The van der Waals surface area contributed by atoms with E-state index in [4.69, 9.17) is 0 Å². The maximum Gasteiger partial charge on any atom is 0.309 e. The summed E-state index contributed by atoms with van der Waals surface area (Å²) < 4.78 is 0. The third-order valence-electron chi connectivity index (χ3n) is 4.86. The van der Waals surface area contributed by atoms with Crippen LogP contribution in [0.15, 0.2) is 31.0 Å². The lowest BCUT2D eigenvalue weighted by molar-refractivity contribution is -0.142. The van der Waals surface area contributed by atoms with Gasteiger partial charge < -0.3 is 15.0 Å². The normalized spacial score (nSPS) is 25.8. The fourth-order valence-corrected chi connectivity index (χ4v) is 3.64. The number of nitrogens with zero attached hydrogens (tertiary/aromatic N) is 3. The highest BCUT2D eigenvalue weighted by molar-refractivity contribution is 5.92. The number of hydrogen-bond donors (Lipinski definition) is 2. The second-order valence-electron chi connectivity index (χ2n) is 6.53. The van der Waals surface area contributed by atoms with Crippen LogP contribution in [0.2, 0.25) is 0 Å². The van der Waals surface area contributed by atoms with Crippen LogP contribution in [0, 0.1) is 5.92 Å². The molecule has 0 aromatic carbocycles. The van der Waals surface area contributed by atoms with Crippen molar-refractivity contribution in [2.45, 2.75) is 6.04 Å². The second-order valence-corrected chi connectivity index (χ2v) is 6.53. The Morgan fingerprint density at radius 1 is 1.29 bits per heavy atom. The summed E-state index contributed by atoms with van der Waals surface area (Å²) in [7, 11) is 0. The lowest BCUT2D eigenvalue weighted by atomic mass is 10.1. The van der Waals surface area contributed by atoms with Gasteiger partial charge in [0.25, 0.3) is 5.91 Å². The zero-order valence-corrected chi connectivity index (χ0v) is 13.7. The van der Waals surface area contributed by atoms with Gasteiger partial charge in [0, 0.05) is 58.1 Å². The molecule has 24 heavy (non-hydrogen) atoms. The molecule has 0 bridgehead atoms. The van der Waals surface area contributed by atoms with E-state index in [2.05, 4.69) is 21.4 Å². The van der Waals surface area contributed by atoms with Crippen molar-refractivity contribution in [3.8, 4) is 0 Å². The molecular weight excluding hydrogens is 308 g/mol. The molecule has 0 aliphatic carbocycles. The Bertz CT molecular complexity index is 601. The van der Waals surface area contributed by atoms with Crippen molar-refractivity contribution in [1.29, 1.82) is 0 Å². The van der Waals surface area contributed by atoms with E-state index in [1.807, 2.05) is 11.0 Å². The number of piperazine rings is 1. The van der Waals surface area contributed by atoms with Crippen LogP contribution < -0.4 is 0 Å². The summed E-state index contributed by atoms with van der Waals surface area (Å²) >= 11 is 0. The van der Waals surface area contributed by atoms with Crippen molar-refractivity contribution in [3.05, 3.63) is 36.7 Å². The standard InChI is InChI=1S/C17H24N4O3/c1-2-6-19-9-13(17(23)24)10-20-7-8-21(12-14(20)11-19)16(22)15-4-3-5-18-15/h2-5,13-14,18H,1,6-12H2,(H,23,24)/t13-,14+/m1/s1. The Labute approximate surface area is 141 Å². The number of amides is 1. The number of aliphatic carboxylic acids is 1. The molecule has 3 rings (SSSR count). The molecule has 2 saturated heterocycles. The van der Waals surface area contributed by atoms with E-state index in [1.165, 1.54) is 0 Å². The van der Waals surface area contributed by atoms with Gasteiger partial charge in [0.1, 0.15) is 5.69 Å². The molecule has 2 fully saturated rings. The minimum atomic E-state index is -0.755. The number of H-pyrrole nitrogens is 1. The maximum atomic E-state index is 12.6. The molecule has 7 heteroatoms. The highest BCUT2D eigenvalue weighted by Crippen LogP contribution is 2.20. The van der Waals surface area contributed by atoms with Crippen molar-refractivity contribution < 1.29 is 14.7 Å². The first-order valence-electron chi connectivity index (χ1n) is 8.31. The number of hydrogen-bond acceptors (Lipinski definition) is 4. The van der Waals surface area contributed by atoms with E-state index in [1.54, 1.807) is 18.3 Å². The zero-order valence-electron chi connectivity index (χ0n) is 13.7. The molecule has 0 saturated carbocycles. The number of carboxylic acids is 1. The predicted octanol–water partition coefficient (Wildman–Crippen LogP) is 0.344. The van der Waals surface area contributed by atoms with Crippen molar-refractivity contribution in [3.63, 3.8) is 0 Å². The fourth-order valence-electron chi connectivity index (χ4n) is 3.64. The van der Waals surface area contributed by atoms with Gasteiger partial charge in [-0.05, 0) is 12.1 Å². The van der Waals surface area contributed by atoms with Crippen LogP contribution in [0.3, 0.4) is 0 Å². The van der Waals surface area contributed by atoms with Gasteiger partial charge in [-0.3, -0.25) is 19.4 Å². The molecule has 1 aromatic rings. The molecule has 2 aliphatic heterocycles. The Kier molecular flexibility index (Phi) is 5.01. The van der Waals surface area contributed by atoms with E-state index < -0.39 is 11.9 Å². The Hall–Kier alpha value is -2.12. The molecule has 3 heterocycles. The Balaban J connectivity index is 1.72. The number of nitrogens with one attached hydrogen (secondary N) is 1. The first-order chi connectivity index (χ1) is 11.6. The maximum absolute atomic E-state index is 12.6. The highest BCUT2D eigenvalue weighted by Gasteiger charge is 2.37. The van der Waals surface area contributed by atoms with Crippen LogP contribution in [-0.2, 0) is 4.79 Å². The molecule has 1 amide bonds. The third-order valence-corrected chi connectivity index (χ3v) is 4.86. The number of carbonyl (C=O) groups is 2. The molecule has 1 aromatic heterocycles. The molecule has 0 unspecified atom stereocenters. The summed E-state index contributed by atoms with van der Waals surface area (Å²) in [6.45, 7) is 8.21. The summed E-state index contributed by atoms with van der Waals surface area (Å²) in [6.07, 6.45) is 3.55. The van der Waals surface area contributed by atoms with Gasteiger partial charge in [0.2, 0.25) is 0 Å². The summed E-state index contributed by atoms with van der Waals surface area (Å²) in [6, 6.07) is 3.76. The van der Waals surface area contributed by atoms with Crippen molar-refractivity contribution >= 4 is 11.9 Å². The predicted molar refractivity (Wildman–Crippen MR) is 89.8 cm³/mol. The number of aromatic amines is 1. The van der Waals surface area contributed by atoms with E-state index >= 15 is 0 Å². The molecule has 0 radical (unpaired) electrons. The van der Waals surface area contributed by atoms with Crippen molar-refractivity contribution in [2.24, 2.45) is 5.92 Å². The number of carbonyl (C=O) groups excluding carboxylic acids is 1. The van der Waals surface area contributed by atoms with Crippen LogP contribution in [-0.4, -0.2) is 88.5 Å². The van der Waals surface area contributed by atoms with Gasteiger partial charge in [-0.2, -0.15) is 0 Å². The van der Waals surface area contributed by atoms with E-state index in [9.17, 15) is 14.7 Å². The van der Waals surface area contributed by atoms with Crippen LogP contribution in [0.1, 0.15) is 10.5 Å². The van der Waals surface area contributed by atoms with Crippen molar-refractivity contribution in [1.82, 2.24) is 19.7 Å². The number of rotatable bonds is 4. The fraction of sp³-hybridized carbons (Fsp3) is 0.529. The van der Waals surface area contributed by atoms with Gasteiger partial charge in [0.05, 0.1) is 5.92 Å². The topological polar surface area (TPSA) is 79.9 Å². The largest absolute Gasteiger partial charge is 0.481 e. The number of carboxylic acid groups (broad SMARTS) is 1. The first-order valence-corrected chi connectivity index (χ1v) is 8.31. The van der Waals surface area contributed by atoms with Crippen LogP contribution in [0.5, 0.6) is 0 Å². The Morgan fingerprint density at radius 3 is 2.79 bits per heavy atom. The lowest BCUT2D eigenvalue weighted by Crippen LogP contribution is -2.57. The van der Waals surface area contributed by atoms with Gasteiger partial charge in [-0.15, -0.1) is 6.58 Å². The molecule has 2 N–H and O–H groups in total. The number of fused-ring (bicyclic) bond motifs is 1. The SMILES string of the molecule is C=CCN1C[C@@H](C(=O)O)CN2CCN(C(=O)c3ccc[nH]3)C[C@@H]2C1. The van der Waals surface area contributed by atoms with Gasteiger partial charge in [-0.25, -0.2) is 0 Å². The van der Waals surface area contributed by atoms with Crippen molar-refractivity contribution in [2.75, 3.05) is 45.8 Å². The zero-order chi connectivity index (χ0) is 17.1. The summed E-state index contributed by atoms with van der Waals surface area (Å²) in [5.41, 5.74) is 0.600. The molecular formula is C17H24N4O3. The molecule has 0 spiro atoms. The van der Waals surface area contributed by atoms with Crippen LogP contribution in [0.4, 0.5) is 0 Å². The van der Waals surface area contributed by atoms with E-state index in [0.29, 0.717) is 45.0 Å². The molecule has 2 aliphatic rings. The smallest absolute Gasteiger partial charge is 0.309 e. The quantitative estimate of drug-likeness (QED) is 0.778. The molecule has 7 nitrogen and oxygen atoms in total. The summed E-state index contributed by atoms with van der Waals surface area (Å²) in [5, 5.41) is 9.46. The van der Waals surface area contributed by atoms with Gasteiger partial charge >= 0.3 is 5.97 Å². The van der Waals surface area contributed by atoms with Crippen LogP contribution >= 0.6 is 0 Å². The number of aromatic nitrogens is 1. The lowest BCUT2D eigenvalue weighted by Gasteiger charge is -2.41. The van der Waals surface area contributed by atoms with Gasteiger partial charge in [0.15, 0.2) is 0 Å².